The van der Waals surface area contributed by atoms with E-state index in [0.717, 1.165) is 24.1 Å². The van der Waals surface area contributed by atoms with Crippen LogP contribution in [0.15, 0.2) is 6.20 Å². The van der Waals surface area contributed by atoms with Crippen LogP contribution in [-0.2, 0) is 6.54 Å². The fourth-order valence-corrected chi connectivity index (χ4v) is 1.88. The molecule has 15 heavy (non-hydrogen) atoms. The maximum absolute atomic E-state index is 5.69. The molecule has 1 heterocycles. The first-order valence-corrected chi connectivity index (χ1v) is 5.49. The second-order valence-electron chi connectivity index (χ2n) is 3.99. The van der Waals surface area contributed by atoms with Gasteiger partial charge in [-0.2, -0.15) is 0 Å². The average molecular weight is 207 g/mol. The minimum atomic E-state index is 0.313. The van der Waals surface area contributed by atoms with Crippen LogP contribution in [0.5, 0.6) is 6.01 Å². The molecule has 0 unspecified atom stereocenters. The highest BCUT2D eigenvalue weighted by molar-refractivity contribution is 5.17. The van der Waals surface area contributed by atoms with Crippen molar-refractivity contribution in [1.29, 1.82) is 0 Å². The number of hydrogen-bond acceptors (Lipinski definition) is 4. The van der Waals surface area contributed by atoms with E-state index in [4.69, 9.17) is 10.5 Å². The van der Waals surface area contributed by atoms with Gasteiger partial charge in [-0.1, -0.05) is 0 Å². The minimum Gasteiger partial charge on any atom is -0.460 e. The molecule has 1 aliphatic rings. The van der Waals surface area contributed by atoms with Crippen molar-refractivity contribution in [3.8, 4) is 6.01 Å². The molecule has 2 N–H and O–H groups in total. The molecule has 1 fully saturated rings. The lowest BCUT2D eigenvalue weighted by Crippen LogP contribution is -2.14. The van der Waals surface area contributed by atoms with E-state index in [0.29, 0.717) is 18.7 Å². The number of hydrogen-bond donors (Lipinski definition) is 1. The van der Waals surface area contributed by atoms with Crippen molar-refractivity contribution in [2.24, 2.45) is 5.73 Å². The molecular formula is C11H17N3O. The maximum Gasteiger partial charge on any atom is 0.316 e. The third-order valence-electron chi connectivity index (χ3n) is 2.85. The van der Waals surface area contributed by atoms with Crippen molar-refractivity contribution in [2.75, 3.05) is 0 Å². The van der Waals surface area contributed by atoms with Gasteiger partial charge in [-0.15, -0.1) is 0 Å². The van der Waals surface area contributed by atoms with Gasteiger partial charge in [0.05, 0.1) is 0 Å². The van der Waals surface area contributed by atoms with Gasteiger partial charge >= 0.3 is 6.01 Å². The first kappa shape index (κ1) is 10.4. The average Bonchev–Trinajstić information content (AvgIpc) is 2.71. The predicted octanol–water partition coefficient (Wildman–Crippen LogP) is 1.57. The van der Waals surface area contributed by atoms with Gasteiger partial charge in [0.25, 0.3) is 0 Å². The summed E-state index contributed by atoms with van der Waals surface area (Å²) in [6, 6.07) is 0.497. The highest BCUT2D eigenvalue weighted by Crippen LogP contribution is 2.22. The summed E-state index contributed by atoms with van der Waals surface area (Å²) < 4.78 is 5.69. The van der Waals surface area contributed by atoms with Crippen LogP contribution in [0.3, 0.4) is 0 Å². The van der Waals surface area contributed by atoms with Crippen LogP contribution in [0, 0.1) is 6.92 Å². The van der Waals surface area contributed by atoms with Crippen LogP contribution in [0.1, 0.15) is 36.9 Å². The van der Waals surface area contributed by atoms with Crippen LogP contribution in [-0.4, -0.2) is 16.1 Å². The van der Waals surface area contributed by atoms with E-state index in [1.165, 1.54) is 12.8 Å². The van der Waals surface area contributed by atoms with Gasteiger partial charge in [0, 0.05) is 24.0 Å². The van der Waals surface area contributed by atoms with Gasteiger partial charge in [-0.25, -0.2) is 9.97 Å². The van der Waals surface area contributed by atoms with Gasteiger partial charge in [0.15, 0.2) is 0 Å². The number of aryl methyl sites for hydroxylation is 1. The monoisotopic (exact) mass is 207 g/mol. The van der Waals surface area contributed by atoms with Gasteiger partial charge < -0.3 is 10.5 Å². The van der Waals surface area contributed by atoms with E-state index in [2.05, 4.69) is 9.97 Å². The van der Waals surface area contributed by atoms with E-state index < -0.39 is 0 Å². The molecule has 1 aromatic heterocycles. The summed E-state index contributed by atoms with van der Waals surface area (Å²) in [6.45, 7) is 2.42. The van der Waals surface area contributed by atoms with Crippen LogP contribution >= 0.6 is 0 Å². The summed E-state index contributed by atoms with van der Waals surface area (Å²) in [5, 5.41) is 0. The molecule has 0 aromatic carbocycles. The standard InChI is InChI=1S/C11H17N3O/c1-8-9(6-12)7-13-11(14-8)15-10-4-2-3-5-10/h7,10H,2-6,12H2,1H3. The molecule has 0 saturated heterocycles. The Labute approximate surface area is 89.9 Å². The van der Waals surface area contributed by atoms with Crippen molar-refractivity contribution < 1.29 is 4.74 Å². The SMILES string of the molecule is Cc1nc(OC2CCCC2)ncc1CN. The molecule has 4 nitrogen and oxygen atoms in total. The summed E-state index contributed by atoms with van der Waals surface area (Å²) >= 11 is 0. The smallest absolute Gasteiger partial charge is 0.316 e. The zero-order chi connectivity index (χ0) is 10.7. The Kier molecular flexibility index (Phi) is 3.16. The Morgan fingerprint density at radius 3 is 2.80 bits per heavy atom. The molecule has 0 spiro atoms. The number of ether oxygens (including phenoxy) is 1. The normalized spacial score (nSPS) is 16.9. The minimum absolute atomic E-state index is 0.313. The number of rotatable bonds is 3. The van der Waals surface area contributed by atoms with Crippen molar-refractivity contribution >= 4 is 0 Å². The lowest BCUT2D eigenvalue weighted by Gasteiger charge is -2.11. The Hall–Kier alpha value is -1.16. The van der Waals surface area contributed by atoms with Crippen LogP contribution in [0.25, 0.3) is 0 Å². The summed E-state index contributed by atoms with van der Waals surface area (Å²) in [4.78, 5) is 8.45. The summed E-state index contributed by atoms with van der Waals surface area (Å²) in [6.07, 6.45) is 6.83. The van der Waals surface area contributed by atoms with Crippen molar-refractivity contribution in [3.63, 3.8) is 0 Å². The predicted molar refractivity (Wildman–Crippen MR) is 57.5 cm³/mol. The highest BCUT2D eigenvalue weighted by atomic mass is 16.5. The lowest BCUT2D eigenvalue weighted by atomic mass is 10.2. The molecule has 82 valence electrons. The van der Waals surface area contributed by atoms with E-state index in [1.807, 2.05) is 6.92 Å². The Balaban J connectivity index is 2.05. The van der Waals surface area contributed by atoms with Gasteiger partial charge in [0.2, 0.25) is 0 Å². The zero-order valence-corrected chi connectivity index (χ0v) is 9.07. The third-order valence-corrected chi connectivity index (χ3v) is 2.85. The molecule has 1 aliphatic carbocycles. The van der Waals surface area contributed by atoms with Crippen LogP contribution < -0.4 is 10.5 Å². The molecule has 0 atom stereocenters. The van der Waals surface area contributed by atoms with E-state index in [1.54, 1.807) is 6.20 Å². The van der Waals surface area contributed by atoms with E-state index >= 15 is 0 Å². The number of nitrogens with two attached hydrogens (primary N) is 1. The highest BCUT2D eigenvalue weighted by Gasteiger charge is 2.17. The second kappa shape index (κ2) is 4.57. The molecule has 0 radical (unpaired) electrons. The number of aromatic nitrogens is 2. The lowest BCUT2D eigenvalue weighted by molar-refractivity contribution is 0.191. The molecule has 2 rings (SSSR count). The molecule has 1 saturated carbocycles. The van der Waals surface area contributed by atoms with Gasteiger partial charge in [-0.05, 0) is 32.6 Å². The number of nitrogens with zero attached hydrogens (tertiary/aromatic N) is 2. The van der Waals surface area contributed by atoms with Gasteiger partial charge in [-0.3, -0.25) is 0 Å². The molecule has 0 amide bonds. The first-order chi connectivity index (χ1) is 7.29. The Morgan fingerprint density at radius 2 is 2.20 bits per heavy atom. The third kappa shape index (κ3) is 2.45. The Morgan fingerprint density at radius 1 is 1.47 bits per heavy atom. The molecular weight excluding hydrogens is 190 g/mol. The Bertz CT molecular complexity index is 335. The summed E-state index contributed by atoms with van der Waals surface area (Å²) in [5.41, 5.74) is 7.44. The fourth-order valence-electron chi connectivity index (χ4n) is 1.88. The topological polar surface area (TPSA) is 61.0 Å². The second-order valence-corrected chi connectivity index (χ2v) is 3.99. The van der Waals surface area contributed by atoms with Crippen molar-refractivity contribution in [3.05, 3.63) is 17.5 Å². The van der Waals surface area contributed by atoms with E-state index in [-0.39, 0.29) is 0 Å². The summed E-state index contributed by atoms with van der Waals surface area (Å²) in [7, 11) is 0. The summed E-state index contributed by atoms with van der Waals surface area (Å²) in [5.74, 6) is 0. The molecule has 1 aromatic rings. The van der Waals surface area contributed by atoms with Crippen molar-refractivity contribution in [1.82, 2.24) is 9.97 Å². The first-order valence-electron chi connectivity index (χ1n) is 5.49. The van der Waals surface area contributed by atoms with E-state index in [9.17, 15) is 0 Å². The quantitative estimate of drug-likeness (QED) is 0.817. The van der Waals surface area contributed by atoms with Crippen molar-refractivity contribution in [2.45, 2.75) is 45.3 Å². The van der Waals surface area contributed by atoms with Gasteiger partial charge in [0.1, 0.15) is 6.10 Å². The molecule has 0 aliphatic heterocycles. The zero-order valence-electron chi connectivity index (χ0n) is 9.07. The maximum atomic E-state index is 5.69. The largest absolute Gasteiger partial charge is 0.460 e. The molecule has 4 heteroatoms. The fraction of sp³-hybridized carbons (Fsp3) is 0.636. The van der Waals surface area contributed by atoms with Crippen LogP contribution in [0.2, 0.25) is 0 Å². The molecule has 0 bridgehead atoms. The van der Waals surface area contributed by atoms with Crippen LogP contribution in [0.4, 0.5) is 0 Å².